The van der Waals surface area contributed by atoms with Crippen LogP contribution in [0.5, 0.6) is 0 Å². The van der Waals surface area contributed by atoms with E-state index in [2.05, 4.69) is 15.9 Å². The van der Waals surface area contributed by atoms with E-state index in [0.29, 0.717) is 5.56 Å². The first-order valence-electron chi connectivity index (χ1n) is 4.29. The van der Waals surface area contributed by atoms with Gasteiger partial charge in [0.1, 0.15) is 11.6 Å². The molecule has 0 N–H and O–H groups in total. The summed E-state index contributed by atoms with van der Waals surface area (Å²) < 4.78 is 31.9. The monoisotopic (exact) mass is 262 g/mol. The highest BCUT2D eigenvalue weighted by atomic mass is 79.9. The van der Waals surface area contributed by atoms with Gasteiger partial charge in [0.2, 0.25) is 0 Å². The predicted molar refractivity (Wildman–Crippen MR) is 52.0 cm³/mol. The summed E-state index contributed by atoms with van der Waals surface area (Å²) in [6.45, 7) is 0. The van der Waals surface area contributed by atoms with Crippen molar-refractivity contribution in [1.82, 2.24) is 0 Å². The zero-order valence-corrected chi connectivity index (χ0v) is 9.20. The molecule has 1 aliphatic rings. The van der Waals surface area contributed by atoms with E-state index in [1.807, 2.05) is 0 Å². The number of methoxy groups -OCH3 is 1. The summed E-state index contributed by atoms with van der Waals surface area (Å²) in [4.78, 5) is 0. The summed E-state index contributed by atoms with van der Waals surface area (Å²) in [7, 11) is 1.55. The van der Waals surface area contributed by atoms with E-state index in [1.165, 1.54) is 6.07 Å². The summed E-state index contributed by atoms with van der Waals surface area (Å²) in [5.74, 6) is -1.12. The van der Waals surface area contributed by atoms with Gasteiger partial charge in [0.15, 0.2) is 0 Å². The maximum absolute atomic E-state index is 13.4. The normalized spacial score (nSPS) is 18.3. The first-order chi connectivity index (χ1) is 6.59. The first-order valence-corrected chi connectivity index (χ1v) is 5.08. The van der Waals surface area contributed by atoms with Crippen LogP contribution in [0.3, 0.4) is 0 Å². The maximum Gasteiger partial charge on any atom is 0.140 e. The fourth-order valence-electron chi connectivity index (χ4n) is 1.57. The Labute approximate surface area is 89.2 Å². The highest BCUT2D eigenvalue weighted by Crippen LogP contribution is 2.50. The molecule has 0 atom stereocenters. The Morgan fingerprint density at radius 1 is 1.29 bits per heavy atom. The van der Waals surface area contributed by atoms with E-state index in [-0.39, 0.29) is 4.47 Å². The largest absolute Gasteiger partial charge is 0.373 e. The van der Waals surface area contributed by atoms with Gasteiger partial charge in [-0.3, -0.25) is 0 Å². The van der Waals surface area contributed by atoms with E-state index in [9.17, 15) is 8.78 Å². The molecular formula is C10H9BrF2O. The molecule has 0 bridgehead atoms. The van der Waals surface area contributed by atoms with Crippen molar-refractivity contribution >= 4 is 15.9 Å². The summed E-state index contributed by atoms with van der Waals surface area (Å²) in [6, 6.07) is 2.35. The van der Waals surface area contributed by atoms with Crippen LogP contribution in [0, 0.1) is 11.6 Å². The van der Waals surface area contributed by atoms with Crippen LogP contribution in [-0.2, 0) is 10.3 Å². The molecule has 14 heavy (non-hydrogen) atoms. The van der Waals surface area contributed by atoms with E-state index in [4.69, 9.17) is 4.74 Å². The fourth-order valence-corrected chi connectivity index (χ4v) is 1.91. The van der Waals surface area contributed by atoms with Crippen molar-refractivity contribution in [3.63, 3.8) is 0 Å². The standard InChI is InChI=1S/C10H9BrF2O/c1-14-10(2-3-10)6-4-7(11)9(13)5-8(6)12/h4-5H,2-3H2,1H3. The lowest BCUT2D eigenvalue weighted by Crippen LogP contribution is -2.11. The molecule has 1 aliphatic carbocycles. The summed E-state index contributed by atoms with van der Waals surface area (Å²) in [5, 5.41) is 0. The first kappa shape index (κ1) is 10.1. The average Bonchev–Trinajstić information content (AvgIpc) is 2.92. The van der Waals surface area contributed by atoms with Crippen LogP contribution >= 0.6 is 15.9 Å². The van der Waals surface area contributed by atoms with Gasteiger partial charge >= 0.3 is 0 Å². The molecular weight excluding hydrogens is 254 g/mol. The number of hydrogen-bond donors (Lipinski definition) is 0. The quantitative estimate of drug-likeness (QED) is 0.743. The Hall–Kier alpha value is -0.480. The van der Waals surface area contributed by atoms with Crippen molar-refractivity contribution in [2.75, 3.05) is 7.11 Å². The molecule has 1 fully saturated rings. The highest BCUT2D eigenvalue weighted by molar-refractivity contribution is 9.10. The summed E-state index contributed by atoms with van der Waals surface area (Å²) >= 11 is 3.03. The molecule has 1 saturated carbocycles. The van der Waals surface area contributed by atoms with E-state index < -0.39 is 17.2 Å². The van der Waals surface area contributed by atoms with Crippen molar-refractivity contribution in [3.05, 3.63) is 33.8 Å². The fraction of sp³-hybridized carbons (Fsp3) is 0.400. The molecule has 0 amide bonds. The molecule has 0 aromatic heterocycles. The van der Waals surface area contributed by atoms with Crippen molar-refractivity contribution in [2.24, 2.45) is 0 Å². The van der Waals surface area contributed by atoms with Crippen LogP contribution in [0.25, 0.3) is 0 Å². The number of benzene rings is 1. The van der Waals surface area contributed by atoms with E-state index in [1.54, 1.807) is 7.11 Å². The summed E-state index contributed by atoms with van der Waals surface area (Å²) in [5.41, 5.74) is -0.0754. The van der Waals surface area contributed by atoms with Crippen LogP contribution in [0.1, 0.15) is 18.4 Å². The molecule has 0 saturated heterocycles. The summed E-state index contributed by atoms with van der Waals surface area (Å²) in [6.07, 6.45) is 1.58. The molecule has 0 heterocycles. The molecule has 1 nitrogen and oxygen atoms in total. The van der Waals surface area contributed by atoms with Crippen molar-refractivity contribution in [1.29, 1.82) is 0 Å². The second-order valence-corrected chi connectivity index (χ2v) is 4.30. The Morgan fingerprint density at radius 2 is 1.93 bits per heavy atom. The molecule has 0 spiro atoms. The average molecular weight is 263 g/mol. The van der Waals surface area contributed by atoms with Crippen LogP contribution in [-0.4, -0.2) is 7.11 Å². The molecule has 1 aromatic carbocycles. The van der Waals surface area contributed by atoms with Crippen LogP contribution in [0.15, 0.2) is 16.6 Å². The van der Waals surface area contributed by atoms with Crippen LogP contribution < -0.4 is 0 Å². The SMILES string of the molecule is COC1(c2cc(Br)c(F)cc2F)CC1. The second-order valence-electron chi connectivity index (χ2n) is 3.44. The minimum absolute atomic E-state index is 0.275. The van der Waals surface area contributed by atoms with Crippen LogP contribution in [0.2, 0.25) is 0 Å². The Kier molecular flexibility index (Phi) is 2.35. The molecule has 4 heteroatoms. The van der Waals surface area contributed by atoms with E-state index >= 15 is 0 Å². The van der Waals surface area contributed by atoms with E-state index in [0.717, 1.165) is 18.9 Å². The lowest BCUT2D eigenvalue weighted by Gasteiger charge is -2.15. The zero-order valence-electron chi connectivity index (χ0n) is 7.61. The van der Waals surface area contributed by atoms with Crippen molar-refractivity contribution in [2.45, 2.75) is 18.4 Å². The lowest BCUT2D eigenvalue weighted by molar-refractivity contribution is 0.0755. The minimum Gasteiger partial charge on any atom is -0.373 e. The van der Waals surface area contributed by atoms with Gasteiger partial charge in [-0.25, -0.2) is 8.78 Å². The molecule has 1 aromatic rings. The third-order valence-electron chi connectivity index (χ3n) is 2.60. The third kappa shape index (κ3) is 1.46. The molecule has 76 valence electrons. The number of hydrogen-bond acceptors (Lipinski definition) is 1. The maximum atomic E-state index is 13.4. The van der Waals surface area contributed by atoms with Gasteiger partial charge in [-0.05, 0) is 34.8 Å². The number of rotatable bonds is 2. The zero-order chi connectivity index (χ0) is 10.3. The van der Waals surface area contributed by atoms with Gasteiger partial charge in [0.25, 0.3) is 0 Å². The van der Waals surface area contributed by atoms with Gasteiger partial charge in [0, 0.05) is 18.7 Å². The van der Waals surface area contributed by atoms with Gasteiger partial charge in [-0.2, -0.15) is 0 Å². The topological polar surface area (TPSA) is 9.23 Å². The van der Waals surface area contributed by atoms with Gasteiger partial charge < -0.3 is 4.74 Å². The Morgan fingerprint density at radius 3 is 2.43 bits per heavy atom. The minimum atomic E-state index is -0.585. The third-order valence-corrected chi connectivity index (χ3v) is 3.20. The highest BCUT2D eigenvalue weighted by Gasteiger charge is 2.46. The Bertz CT molecular complexity index is 375. The van der Waals surface area contributed by atoms with Crippen LogP contribution in [0.4, 0.5) is 8.78 Å². The second kappa shape index (κ2) is 3.28. The smallest absolute Gasteiger partial charge is 0.140 e. The van der Waals surface area contributed by atoms with Gasteiger partial charge in [-0.1, -0.05) is 0 Å². The number of halogens is 3. The number of ether oxygens (including phenoxy) is 1. The van der Waals surface area contributed by atoms with Crippen molar-refractivity contribution in [3.8, 4) is 0 Å². The Balaban J connectivity index is 2.49. The van der Waals surface area contributed by atoms with Crippen molar-refractivity contribution < 1.29 is 13.5 Å². The molecule has 0 aliphatic heterocycles. The molecule has 2 rings (SSSR count). The predicted octanol–water partition coefficient (Wildman–Crippen LogP) is 3.36. The van der Waals surface area contributed by atoms with Gasteiger partial charge in [0.05, 0.1) is 10.1 Å². The lowest BCUT2D eigenvalue weighted by atomic mass is 10.1. The molecule has 0 radical (unpaired) electrons. The van der Waals surface area contributed by atoms with Gasteiger partial charge in [-0.15, -0.1) is 0 Å². The molecule has 0 unspecified atom stereocenters.